The van der Waals surface area contributed by atoms with Gasteiger partial charge in [0.25, 0.3) is 5.91 Å². The fourth-order valence-corrected chi connectivity index (χ4v) is 7.10. The van der Waals surface area contributed by atoms with E-state index in [4.69, 9.17) is 0 Å². The first-order chi connectivity index (χ1) is 21.5. The third kappa shape index (κ3) is 9.23. The minimum absolute atomic E-state index is 0.0167. The second kappa shape index (κ2) is 14.4. The molecule has 0 unspecified atom stereocenters. The Morgan fingerprint density at radius 3 is 2.30 bits per heavy atom. The van der Waals surface area contributed by atoms with Crippen molar-refractivity contribution < 1.29 is 31.5 Å². The number of alkyl halides is 3. The summed E-state index contributed by atoms with van der Waals surface area (Å²) in [5, 5.41) is 20.8. The summed E-state index contributed by atoms with van der Waals surface area (Å²) in [5.74, 6) is -0.467. The molecule has 0 aromatic heterocycles. The molecule has 1 amide bonds. The van der Waals surface area contributed by atoms with Crippen LogP contribution >= 0.6 is 0 Å². The van der Waals surface area contributed by atoms with Crippen LogP contribution in [0.4, 0.5) is 24.5 Å². The van der Waals surface area contributed by atoms with Gasteiger partial charge in [-0.2, -0.15) is 13.2 Å². The van der Waals surface area contributed by atoms with Crippen molar-refractivity contribution in [1.82, 2.24) is 10.6 Å². The number of sulfonamides is 1. The molecule has 1 fully saturated rings. The van der Waals surface area contributed by atoms with Crippen molar-refractivity contribution in [2.45, 2.75) is 76.9 Å². The normalized spacial score (nSPS) is 16.6. The summed E-state index contributed by atoms with van der Waals surface area (Å²) in [6, 6.07) is 18.5. The Labute approximate surface area is 269 Å². The van der Waals surface area contributed by atoms with Gasteiger partial charge in [-0.15, -0.1) is 0 Å². The fourth-order valence-electron chi connectivity index (χ4n) is 5.47. The molecular formula is C34H43F3N4O4S. The van der Waals surface area contributed by atoms with E-state index >= 15 is 0 Å². The van der Waals surface area contributed by atoms with Gasteiger partial charge >= 0.3 is 6.18 Å². The molecule has 0 bridgehead atoms. The number of nitrogens with one attached hydrogen (secondary N) is 3. The minimum Gasteiger partial charge on any atom is -0.390 e. The monoisotopic (exact) mass is 660 g/mol. The topological polar surface area (TPSA) is 111 Å². The molecular weight excluding hydrogens is 617 g/mol. The maximum absolute atomic E-state index is 13.8. The summed E-state index contributed by atoms with van der Waals surface area (Å²) in [5.41, 5.74) is 0.759. The lowest BCUT2D eigenvalue weighted by Crippen LogP contribution is -2.51. The van der Waals surface area contributed by atoms with Gasteiger partial charge in [0.1, 0.15) is 0 Å². The molecule has 3 aromatic carbocycles. The molecule has 1 saturated heterocycles. The zero-order valence-corrected chi connectivity index (χ0v) is 27.4. The molecule has 0 saturated carbocycles. The number of rotatable bonds is 12. The zero-order chi connectivity index (χ0) is 33.7. The number of anilines is 2. The third-order valence-electron chi connectivity index (χ3n) is 8.02. The van der Waals surface area contributed by atoms with Crippen LogP contribution in [0.25, 0.3) is 0 Å². The van der Waals surface area contributed by atoms with Crippen LogP contribution in [-0.4, -0.2) is 56.5 Å². The summed E-state index contributed by atoms with van der Waals surface area (Å²) in [4.78, 5) is 13.8. The van der Waals surface area contributed by atoms with E-state index in [0.29, 0.717) is 36.3 Å². The highest BCUT2D eigenvalue weighted by molar-refractivity contribution is 7.92. The summed E-state index contributed by atoms with van der Waals surface area (Å²) < 4.78 is 67.2. The number of carbonyl (C=O) groups excluding carboxylic acids is 1. The maximum Gasteiger partial charge on any atom is 0.416 e. The molecule has 0 radical (unpaired) electrons. The van der Waals surface area contributed by atoms with E-state index in [9.17, 15) is 31.5 Å². The molecule has 2 atom stereocenters. The quantitative estimate of drug-likeness (QED) is 0.199. The largest absolute Gasteiger partial charge is 0.416 e. The fraction of sp³-hybridized carbons (Fsp3) is 0.441. The molecule has 46 heavy (non-hydrogen) atoms. The van der Waals surface area contributed by atoms with E-state index in [1.807, 2.05) is 44.2 Å². The second-order valence-corrected chi connectivity index (χ2v) is 14.6. The second-order valence-electron chi connectivity index (χ2n) is 12.6. The van der Waals surface area contributed by atoms with Crippen molar-refractivity contribution in [3.63, 3.8) is 0 Å². The van der Waals surface area contributed by atoms with Gasteiger partial charge in [-0.3, -0.25) is 9.10 Å². The average Bonchev–Trinajstić information content (AvgIpc) is 2.99. The predicted octanol–water partition coefficient (Wildman–Crippen LogP) is 5.68. The van der Waals surface area contributed by atoms with Crippen LogP contribution in [0.15, 0.2) is 72.8 Å². The highest BCUT2D eigenvalue weighted by Crippen LogP contribution is 2.32. The molecule has 12 heteroatoms. The van der Waals surface area contributed by atoms with Crippen LogP contribution in [0, 0.1) is 0 Å². The number of aliphatic hydroxyl groups is 1. The summed E-state index contributed by atoms with van der Waals surface area (Å²) in [7, 11) is -3.53. The Morgan fingerprint density at radius 2 is 1.65 bits per heavy atom. The maximum atomic E-state index is 13.8. The SMILES string of the molecule is CC(C)Nc1cc(C(=O)N[C@@H](Cc2ccccc2)[C@H](O)CNC(C)(C)c2cccc(C(F)(F)F)c2)cc(N2CCCCS2(=O)=O)c1. The highest BCUT2D eigenvalue weighted by atomic mass is 32.2. The van der Waals surface area contributed by atoms with Gasteiger partial charge in [0.2, 0.25) is 10.0 Å². The molecule has 8 nitrogen and oxygen atoms in total. The molecule has 0 aliphatic carbocycles. The zero-order valence-electron chi connectivity index (χ0n) is 26.6. The summed E-state index contributed by atoms with van der Waals surface area (Å²) >= 11 is 0. The van der Waals surface area contributed by atoms with Crippen LogP contribution < -0.4 is 20.3 Å². The van der Waals surface area contributed by atoms with E-state index in [1.54, 1.807) is 38.1 Å². The van der Waals surface area contributed by atoms with Gasteiger partial charge in [0, 0.05) is 35.9 Å². The number of hydrogen-bond donors (Lipinski definition) is 4. The first kappa shape index (κ1) is 35.2. The van der Waals surface area contributed by atoms with E-state index in [2.05, 4.69) is 16.0 Å². The lowest BCUT2D eigenvalue weighted by Gasteiger charge is -2.32. The van der Waals surface area contributed by atoms with Crippen molar-refractivity contribution in [1.29, 1.82) is 0 Å². The van der Waals surface area contributed by atoms with Crippen molar-refractivity contribution in [2.24, 2.45) is 0 Å². The Hall–Kier alpha value is -3.61. The standard InChI is InChI=1S/C34H43F3N4O4S/c1-23(2)39-28-18-25(19-29(21-28)41-15-8-9-16-46(41,44)45)32(43)40-30(17-24-11-6-5-7-12-24)31(42)22-38-33(3,4)26-13-10-14-27(20-26)34(35,36)37/h5-7,10-14,18-21,23,30-31,38-39,42H,8-9,15-17,22H2,1-4H3,(H,40,43)/t30-,31+/m0/s1. The van der Waals surface area contributed by atoms with Crippen LogP contribution in [-0.2, 0) is 28.2 Å². The third-order valence-corrected chi connectivity index (χ3v) is 9.89. The van der Waals surface area contributed by atoms with E-state index in [-0.39, 0.29) is 30.3 Å². The van der Waals surface area contributed by atoms with Crippen LogP contribution in [0.3, 0.4) is 0 Å². The van der Waals surface area contributed by atoms with Crippen LogP contribution in [0.1, 0.15) is 67.6 Å². The van der Waals surface area contributed by atoms with E-state index < -0.39 is 45.4 Å². The molecule has 1 heterocycles. The van der Waals surface area contributed by atoms with Crippen molar-refractivity contribution in [2.75, 3.05) is 28.5 Å². The Kier molecular flexibility index (Phi) is 11.1. The number of amides is 1. The van der Waals surface area contributed by atoms with E-state index in [0.717, 1.165) is 17.7 Å². The van der Waals surface area contributed by atoms with Gasteiger partial charge in [-0.25, -0.2) is 8.42 Å². The van der Waals surface area contributed by atoms with Gasteiger partial charge < -0.3 is 21.1 Å². The number of benzene rings is 3. The molecule has 1 aliphatic rings. The highest BCUT2D eigenvalue weighted by Gasteiger charge is 2.33. The van der Waals surface area contributed by atoms with Crippen molar-refractivity contribution in [3.05, 3.63) is 95.1 Å². The first-order valence-corrected chi connectivity index (χ1v) is 17.0. The summed E-state index contributed by atoms with van der Waals surface area (Å²) in [6.07, 6.45) is -4.06. The lowest BCUT2D eigenvalue weighted by molar-refractivity contribution is -0.137. The van der Waals surface area contributed by atoms with Crippen molar-refractivity contribution in [3.8, 4) is 0 Å². The average molecular weight is 661 g/mol. The molecule has 1 aliphatic heterocycles. The van der Waals surface area contributed by atoms with E-state index in [1.165, 1.54) is 10.4 Å². The van der Waals surface area contributed by atoms with Gasteiger partial charge in [-0.05, 0) is 88.4 Å². The lowest BCUT2D eigenvalue weighted by atomic mass is 9.92. The van der Waals surface area contributed by atoms with Gasteiger partial charge in [0.05, 0.1) is 29.1 Å². The minimum atomic E-state index is -4.49. The predicted molar refractivity (Wildman–Crippen MR) is 175 cm³/mol. The molecule has 3 aromatic rings. The number of hydrogen-bond acceptors (Lipinski definition) is 6. The van der Waals surface area contributed by atoms with Gasteiger partial charge in [0.15, 0.2) is 0 Å². The van der Waals surface area contributed by atoms with Crippen molar-refractivity contribution >= 4 is 27.3 Å². The molecule has 4 rings (SSSR count). The number of carbonyl (C=O) groups is 1. The Morgan fingerprint density at radius 1 is 0.957 bits per heavy atom. The van der Waals surface area contributed by atoms with Gasteiger partial charge in [-0.1, -0.05) is 42.5 Å². The number of aliphatic hydroxyl groups excluding tert-OH is 1. The Balaban J connectivity index is 1.59. The first-order valence-electron chi connectivity index (χ1n) is 15.4. The number of nitrogens with zero attached hydrogens (tertiary/aromatic N) is 1. The van der Waals surface area contributed by atoms with Crippen LogP contribution in [0.2, 0.25) is 0 Å². The molecule has 4 N–H and O–H groups in total. The Bertz CT molecular complexity index is 1600. The number of halogens is 3. The summed E-state index contributed by atoms with van der Waals surface area (Å²) in [6.45, 7) is 7.60. The van der Waals surface area contributed by atoms with Crippen LogP contribution in [0.5, 0.6) is 0 Å². The molecule has 0 spiro atoms. The smallest absolute Gasteiger partial charge is 0.390 e. The molecule has 250 valence electrons.